The number of nitrogens with zero attached hydrogens (tertiary/aromatic N) is 2. The molecule has 0 fully saturated rings. The van der Waals surface area contributed by atoms with Crippen LogP contribution in [0.2, 0.25) is 5.28 Å². The van der Waals surface area contributed by atoms with Gasteiger partial charge in [0.25, 0.3) is 0 Å². The molecule has 0 aliphatic heterocycles. The maximum Gasteiger partial charge on any atom is 0.222 e. The van der Waals surface area contributed by atoms with E-state index in [4.69, 9.17) is 11.6 Å². The van der Waals surface area contributed by atoms with E-state index in [1.165, 1.54) is 0 Å². The first-order chi connectivity index (χ1) is 5.61. The maximum atomic E-state index is 5.57. The summed E-state index contributed by atoms with van der Waals surface area (Å²) < 4.78 is 0. The lowest BCUT2D eigenvalue weighted by Crippen LogP contribution is -2.02. The van der Waals surface area contributed by atoms with Crippen LogP contribution in [0.15, 0.2) is 12.4 Å². The van der Waals surface area contributed by atoms with Crippen molar-refractivity contribution in [3.63, 3.8) is 0 Å². The van der Waals surface area contributed by atoms with Gasteiger partial charge in [-0.1, -0.05) is 20.8 Å². The molecule has 66 valence electrons. The van der Waals surface area contributed by atoms with Crippen molar-refractivity contribution in [3.8, 4) is 0 Å². The van der Waals surface area contributed by atoms with E-state index in [2.05, 4.69) is 30.7 Å². The van der Waals surface area contributed by atoms with E-state index >= 15 is 0 Å². The van der Waals surface area contributed by atoms with Crippen molar-refractivity contribution in [1.82, 2.24) is 9.97 Å². The lowest BCUT2D eigenvalue weighted by atomic mass is 9.92. The quantitative estimate of drug-likeness (QED) is 0.661. The molecule has 0 N–H and O–H groups in total. The van der Waals surface area contributed by atoms with Crippen LogP contribution in [0.1, 0.15) is 32.3 Å². The molecule has 1 rings (SSSR count). The summed E-state index contributed by atoms with van der Waals surface area (Å²) in [5.74, 6) is 1.09. The van der Waals surface area contributed by atoms with Crippen molar-refractivity contribution in [2.75, 3.05) is 0 Å². The van der Waals surface area contributed by atoms with Crippen LogP contribution < -0.4 is 0 Å². The zero-order valence-corrected chi connectivity index (χ0v) is 8.34. The second kappa shape index (κ2) is 3.85. The molecule has 0 aromatic carbocycles. The molecule has 0 amide bonds. The van der Waals surface area contributed by atoms with E-state index in [0.29, 0.717) is 17.1 Å². The molecular weight excluding hydrogens is 172 g/mol. The molecule has 1 aromatic heterocycles. The predicted octanol–water partition coefficient (Wildman–Crippen LogP) is 2.89. The highest BCUT2D eigenvalue weighted by Crippen LogP contribution is 2.22. The minimum atomic E-state index is 0.315. The lowest BCUT2D eigenvalue weighted by Gasteiger charge is -2.14. The number of hydrogen-bond acceptors (Lipinski definition) is 2. The van der Waals surface area contributed by atoms with Crippen molar-refractivity contribution >= 4 is 11.6 Å². The molecule has 0 saturated heterocycles. The van der Waals surface area contributed by atoms with Crippen LogP contribution in [0.5, 0.6) is 0 Å². The van der Waals surface area contributed by atoms with Gasteiger partial charge in [-0.05, 0) is 29.0 Å². The van der Waals surface area contributed by atoms with E-state index in [1.807, 2.05) is 0 Å². The largest absolute Gasteiger partial charge is 0.226 e. The van der Waals surface area contributed by atoms with Crippen LogP contribution in [-0.4, -0.2) is 9.97 Å². The molecule has 0 saturated carbocycles. The summed E-state index contributed by atoms with van der Waals surface area (Å²) in [4.78, 5) is 7.87. The second-order valence-corrected chi connectivity index (χ2v) is 3.66. The molecular formula is C9H13ClN2. The Morgan fingerprint density at radius 3 is 2.08 bits per heavy atom. The Hall–Kier alpha value is -0.630. The number of rotatable bonds is 2. The third kappa shape index (κ3) is 2.18. The van der Waals surface area contributed by atoms with E-state index in [1.54, 1.807) is 12.4 Å². The molecule has 0 bridgehead atoms. The highest BCUT2D eigenvalue weighted by Gasteiger charge is 2.10. The second-order valence-electron chi connectivity index (χ2n) is 3.32. The van der Waals surface area contributed by atoms with Crippen LogP contribution in [0.25, 0.3) is 0 Å². The van der Waals surface area contributed by atoms with Gasteiger partial charge in [-0.2, -0.15) is 0 Å². The molecule has 0 aliphatic carbocycles. The Kier molecular flexibility index (Phi) is 3.04. The number of halogens is 1. The van der Waals surface area contributed by atoms with Gasteiger partial charge in [0.2, 0.25) is 5.28 Å². The van der Waals surface area contributed by atoms with E-state index in [9.17, 15) is 0 Å². The SMILES string of the molecule is CC(C)[C@H](C)c1cnc(Cl)nc1. The van der Waals surface area contributed by atoms with Gasteiger partial charge in [0.1, 0.15) is 0 Å². The molecule has 1 heterocycles. The fourth-order valence-electron chi connectivity index (χ4n) is 0.942. The average molecular weight is 185 g/mol. The van der Waals surface area contributed by atoms with Crippen LogP contribution in [0.3, 0.4) is 0 Å². The van der Waals surface area contributed by atoms with Gasteiger partial charge in [-0.25, -0.2) is 9.97 Å². The average Bonchev–Trinajstić information content (AvgIpc) is 2.04. The van der Waals surface area contributed by atoms with Crippen molar-refractivity contribution in [2.24, 2.45) is 5.92 Å². The summed E-state index contributed by atoms with van der Waals surface area (Å²) >= 11 is 5.57. The van der Waals surface area contributed by atoms with Gasteiger partial charge in [-0.3, -0.25) is 0 Å². The van der Waals surface area contributed by atoms with Crippen LogP contribution in [0.4, 0.5) is 0 Å². The first kappa shape index (κ1) is 9.46. The van der Waals surface area contributed by atoms with Gasteiger partial charge in [0.05, 0.1) is 0 Å². The van der Waals surface area contributed by atoms with Gasteiger partial charge >= 0.3 is 0 Å². The van der Waals surface area contributed by atoms with Crippen LogP contribution >= 0.6 is 11.6 Å². The predicted molar refractivity (Wildman–Crippen MR) is 50.3 cm³/mol. The van der Waals surface area contributed by atoms with Crippen molar-refractivity contribution < 1.29 is 0 Å². The molecule has 3 heteroatoms. The Balaban J connectivity index is 2.82. The summed E-state index contributed by atoms with van der Waals surface area (Å²) in [6.07, 6.45) is 3.58. The van der Waals surface area contributed by atoms with Crippen molar-refractivity contribution in [1.29, 1.82) is 0 Å². The minimum absolute atomic E-state index is 0.315. The molecule has 0 spiro atoms. The Bertz CT molecular complexity index is 243. The summed E-state index contributed by atoms with van der Waals surface area (Å²) in [5, 5.41) is 0.315. The smallest absolute Gasteiger partial charge is 0.222 e. The Morgan fingerprint density at radius 1 is 1.17 bits per heavy atom. The summed E-state index contributed by atoms with van der Waals surface area (Å²) in [7, 11) is 0. The monoisotopic (exact) mass is 184 g/mol. The first-order valence-corrected chi connectivity index (χ1v) is 4.46. The van der Waals surface area contributed by atoms with Crippen LogP contribution in [-0.2, 0) is 0 Å². The molecule has 0 aliphatic rings. The lowest BCUT2D eigenvalue weighted by molar-refractivity contribution is 0.532. The van der Waals surface area contributed by atoms with E-state index < -0.39 is 0 Å². The van der Waals surface area contributed by atoms with E-state index in [0.717, 1.165) is 5.56 Å². The highest BCUT2D eigenvalue weighted by molar-refractivity contribution is 6.28. The van der Waals surface area contributed by atoms with Crippen molar-refractivity contribution in [3.05, 3.63) is 23.2 Å². The molecule has 0 unspecified atom stereocenters. The highest BCUT2D eigenvalue weighted by atomic mass is 35.5. The normalized spacial score (nSPS) is 13.4. The van der Waals surface area contributed by atoms with Gasteiger partial charge in [0, 0.05) is 12.4 Å². The fourth-order valence-corrected chi connectivity index (χ4v) is 1.04. The topological polar surface area (TPSA) is 25.8 Å². The summed E-state index contributed by atoms with van der Waals surface area (Å²) in [6.45, 7) is 6.52. The van der Waals surface area contributed by atoms with Gasteiger partial charge in [-0.15, -0.1) is 0 Å². The minimum Gasteiger partial charge on any atom is -0.226 e. The standard InChI is InChI=1S/C9H13ClN2/c1-6(2)7(3)8-4-11-9(10)12-5-8/h4-7H,1-3H3/t7-/m0/s1. The van der Waals surface area contributed by atoms with E-state index in [-0.39, 0.29) is 0 Å². The third-order valence-corrected chi connectivity index (χ3v) is 2.36. The Morgan fingerprint density at radius 2 is 1.67 bits per heavy atom. The molecule has 1 atom stereocenters. The fraction of sp³-hybridized carbons (Fsp3) is 0.556. The number of hydrogen-bond donors (Lipinski definition) is 0. The zero-order chi connectivity index (χ0) is 9.14. The Labute approximate surface area is 78.0 Å². The molecule has 1 aromatic rings. The third-order valence-electron chi connectivity index (χ3n) is 2.17. The molecule has 12 heavy (non-hydrogen) atoms. The molecule has 2 nitrogen and oxygen atoms in total. The first-order valence-electron chi connectivity index (χ1n) is 4.08. The number of aromatic nitrogens is 2. The summed E-state index contributed by atoms with van der Waals surface area (Å²) in [6, 6.07) is 0. The summed E-state index contributed by atoms with van der Waals surface area (Å²) in [5.41, 5.74) is 1.15. The zero-order valence-electron chi connectivity index (χ0n) is 7.58. The molecule has 0 radical (unpaired) electrons. The van der Waals surface area contributed by atoms with Crippen LogP contribution in [0, 0.1) is 5.92 Å². The van der Waals surface area contributed by atoms with Crippen molar-refractivity contribution in [2.45, 2.75) is 26.7 Å². The van der Waals surface area contributed by atoms with Gasteiger partial charge in [0.15, 0.2) is 0 Å². The maximum absolute atomic E-state index is 5.57. The van der Waals surface area contributed by atoms with Gasteiger partial charge < -0.3 is 0 Å².